The van der Waals surface area contributed by atoms with Gasteiger partial charge < -0.3 is 15.3 Å². The highest BCUT2D eigenvalue weighted by Gasteiger charge is 2.19. The van der Waals surface area contributed by atoms with Gasteiger partial charge in [-0.05, 0) is 6.92 Å². The molecule has 1 aromatic rings. The Morgan fingerprint density at radius 2 is 2.47 bits per heavy atom. The van der Waals surface area contributed by atoms with Crippen LogP contribution in [0.25, 0.3) is 0 Å². The second kappa shape index (κ2) is 7.23. The molecule has 94 valence electrons. The van der Waals surface area contributed by atoms with E-state index in [0.29, 0.717) is 22.8 Å². The molecule has 0 aliphatic rings. The van der Waals surface area contributed by atoms with Crippen LogP contribution in [0.3, 0.4) is 0 Å². The number of nitrogens with two attached hydrogens (primary N) is 1. The van der Waals surface area contributed by atoms with E-state index in [1.54, 1.807) is 12.3 Å². The Balaban J connectivity index is 2.86. The topological polar surface area (TPSA) is 86.8 Å². The van der Waals surface area contributed by atoms with Crippen molar-refractivity contribution in [3.05, 3.63) is 11.1 Å². The van der Waals surface area contributed by atoms with Crippen LogP contribution in [0.2, 0.25) is 0 Å². The molecule has 0 radical (unpaired) electrons. The summed E-state index contributed by atoms with van der Waals surface area (Å²) < 4.78 is 4.86. The van der Waals surface area contributed by atoms with Gasteiger partial charge in [0.25, 0.3) is 0 Å². The van der Waals surface area contributed by atoms with E-state index in [4.69, 9.17) is 15.3 Å². The molecule has 2 N–H and O–H groups in total. The van der Waals surface area contributed by atoms with Gasteiger partial charge in [0.2, 0.25) is 5.71 Å². The second-order valence-electron chi connectivity index (χ2n) is 2.75. The lowest BCUT2D eigenvalue weighted by Crippen LogP contribution is -2.20. The molecular formula is C9H12BrN3O3S. The number of nitrogen functional groups attached to an aromatic ring is 1. The number of aromatic nitrogens is 1. The highest BCUT2D eigenvalue weighted by molar-refractivity contribution is 9.09. The van der Waals surface area contributed by atoms with Crippen molar-refractivity contribution >= 4 is 44.1 Å². The number of anilines is 1. The minimum absolute atomic E-state index is 0.0285. The van der Waals surface area contributed by atoms with Crippen LogP contribution in [0.5, 0.6) is 0 Å². The second-order valence-corrected chi connectivity index (χ2v) is 4.44. The van der Waals surface area contributed by atoms with Crippen molar-refractivity contribution in [2.24, 2.45) is 5.16 Å². The van der Waals surface area contributed by atoms with Crippen molar-refractivity contribution in [1.29, 1.82) is 0 Å². The average Bonchev–Trinajstić information content (AvgIpc) is 2.71. The van der Waals surface area contributed by atoms with Crippen LogP contribution in [0.4, 0.5) is 5.13 Å². The van der Waals surface area contributed by atoms with Crippen molar-refractivity contribution in [3.63, 3.8) is 0 Å². The van der Waals surface area contributed by atoms with E-state index in [2.05, 4.69) is 26.1 Å². The SMILES string of the molecule is CCOC(=O)/C(=N\OCCBr)c1csc(N)n1. The van der Waals surface area contributed by atoms with E-state index in [9.17, 15) is 4.79 Å². The number of hydrogen-bond donors (Lipinski definition) is 1. The Bertz CT molecular complexity index is 408. The van der Waals surface area contributed by atoms with Crippen LogP contribution in [0.1, 0.15) is 12.6 Å². The quantitative estimate of drug-likeness (QED) is 0.281. The van der Waals surface area contributed by atoms with Crippen LogP contribution < -0.4 is 5.73 Å². The number of alkyl halides is 1. The maximum Gasteiger partial charge on any atom is 0.362 e. The normalized spacial score (nSPS) is 11.3. The first-order valence-electron chi connectivity index (χ1n) is 4.83. The summed E-state index contributed by atoms with van der Waals surface area (Å²) in [5.41, 5.74) is 5.89. The molecule has 0 bridgehead atoms. The van der Waals surface area contributed by atoms with E-state index in [-0.39, 0.29) is 12.3 Å². The van der Waals surface area contributed by atoms with E-state index >= 15 is 0 Å². The lowest BCUT2D eigenvalue weighted by Gasteiger charge is -2.03. The van der Waals surface area contributed by atoms with Gasteiger partial charge in [-0.3, -0.25) is 0 Å². The summed E-state index contributed by atoms with van der Waals surface area (Å²) >= 11 is 4.40. The standard InChI is InChI=1S/C9H12BrN3O3S/c1-2-15-8(14)7(13-16-4-3-10)6-5-17-9(11)12-6/h5H,2-4H2,1H3,(H2,11,12)/b13-7-. The summed E-state index contributed by atoms with van der Waals surface area (Å²) in [7, 11) is 0. The largest absolute Gasteiger partial charge is 0.461 e. The molecule has 0 aliphatic heterocycles. The molecular weight excluding hydrogens is 310 g/mol. The zero-order valence-electron chi connectivity index (χ0n) is 9.18. The molecule has 1 heterocycles. The van der Waals surface area contributed by atoms with Crippen molar-refractivity contribution < 1.29 is 14.4 Å². The van der Waals surface area contributed by atoms with Gasteiger partial charge in [-0.15, -0.1) is 11.3 Å². The van der Waals surface area contributed by atoms with Crippen molar-refractivity contribution in [2.45, 2.75) is 6.92 Å². The van der Waals surface area contributed by atoms with E-state index in [1.807, 2.05) is 0 Å². The van der Waals surface area contributed by atoms with Crippen LogP contribution in [0, 0.1) is 0 Å². The number of nitrogens with zero attached hydrogens (tertiary/aromatic N) is 2. The van der Waals surface area contributed by atoms with Gasteiger partial charge in [0, 0.05) is 10.7 Å². The summed E-state index contributed by atoms with van der Waals surface area (Å²) in [6, 6.07) is 0. The molecule has 0 saturated heterocycles. The molecule has 0 aliphatic carbocycles. The Hall–Kier alpha value is -1.15. The number of hydrogen-bond acceptors (Lipinski definition) is 7. The van der Waals surface area contributed by atoms with E-state index in [0.717, 1.165) is 0 Å². The van der Waals surface area contributed by atoms with E-state index < -0.39 is 5.97 Å². The Labute approximate surface area is 111 Å². The first kappa shape index (κ1) is 13.9. The fourth-order valence-electron chi connectivity index (χ4n) is 0.929. The summed E-state index contributed by atoms with van der Waals surface area (Å²) in [4.78, 5) is 20.5. The summed E-state index contributed by atoms with van der Waals surface area (Å²) in [5.74, 6) is -0.577. The third kappa shape index (κ3) is 4.31. The maximum absolute atomic E-state index is 11.6. The molecule has 0 amide bonds. The number of halogens is 1. The van der Waals surface area contributed by atoms with E-state index in [1.165, 1.54) is 11.3 Å². The molecule has 0 atom stereocenters. The number of ether oxygens (including phenoxy) is 1. The Kier molecular flexibility index (Phi) is 5.92. The first-order chi connectivity index (χ1) is 8.19. The predicted molar refractivity (Wildman–Crippen MR) is 69.4 cm³/mol. The molecule has 1 rings (SSSR count). The third-order valence-electron chi connectivity index (χ3n) is 1.56. The highest BCUT2D eigenvalue weighted by Crippen LogP contribution is 2.13. The number of carbonyl (C=O) groups excluding carboxylic acids is 1. The van der Waals surface area contributed by atoms with Gasteiger partial charge in [-0.1, -0.05) is 21.1 Å². The van der Waals surface area contributed by atoms with Gasteiger partial charge in [-0.2, -0.15) is 0 Å². The van der Waals surface area contributed by atoms with Crippen molar-refractivity contribution in [1.82, 2.24) is 4.98 Å². The molecule has 0 spiro atoms. The smallest absolute Gasteiger partial charge is 0.362 e. The number of thiazole rings is 1. The minimum Gasteiger partial charge on any atom is -0.461 e. The van der Waals surface area contributed by atoms with Crippen LogP contribution in [-0.4, -0.2) is 35.2 Å². The fraction of sp³-hybridized carbons (Fsp3) is 0.444. The zero-order valence-corrected chi connectivity index (χ0v) is 11.6. The molecule has 0 fully saturated rings. The lowest BCUT2D eigenvalue weighted by molar-refractivity contribution is -0.135. The molecule has 0 unspecified atom stereocenters. The molecule has 6 nitrogen and oxygen atoms in total. The molecule has 1 aromatic heterocycles. The fourth-order valence-corrected chi connectivity index (χ4v) is 1.62. The number of carbonyl (C=O) groups is 1. The average molecular weight is 322 g/mol. The minimum atomic E-state index is -0.577. The number of esters is 1. The Morgan fingerprint density at radius 3 is 3.00 bits per heavy atom. The third-order valence-corrected chi connectivity index (χ3v) is 2.56. The molecule has 0 aromatic carbocycles. The van der Waals surface area contributed by atoms with Gasteiger partial charge in [0.1, 0.15) is 12.3 Å². The van der Waals surface area contributed by atoms with Gasteiger partial charge in [0.05, 0.1) is 6.61 Å². The van der Waals surface area contributed by atoms with Crippen LogP contribution >= 0.6 is 27.3 Å². The monoisotopic (exact) mass is 321 g/mol. The zero-order chi connectivity index (χ0) is 12.7. The number of rotatable bonds is 6. The van der Waals surface area contributed by atoms with Gasteiger partial charge in [-0.25, -0.2) is 9.78 Å². The van der Waals surface area contributed by atoms with Gasteiger partial charge >= 0.3 is 5.97 Å². The first-order valence-corrected chi connectivity index (χ1v) is 6.83. The number of oxime groups is 1. The maximum atomic E-state index is 11.6. The lowest BCUT2D eigenvalue weighted by atomic mass is 10.3. The summed E-state index contributed by atoms with van der Waals surface area (Å²) in [5, 5.41) is 6.32. The molecule has 0 saturated carbocycles. The summed E-state index contributed by atoms with van der Waals surface area (Å²) in [6.45, 7) is 2.32. The molecule has 8 heteroatoms. The summed E-state index contributed by atoms with van der Waals surface area (Å²) in [6.07, 6.45) is 0. The van der Waals surface area contributed by atoms with Crippen LogP contribution in [-0.2, 0) is 14.4 Å². The van der Waals surface area contributed by atoms with Crippen molar-refractivity contribution in [2.75, 3.05) is 24.3 Å². The van der Waals surface area contributed by atoms with Gasteiger partial charge in [0.15, 0.2) is 5.13 Å². The Morgan fingerprint density at radius 1 is 1.71 bits per heavy atom. The van der Waals surface area contributed by atoms with Crippen molar-refractivity contribution in [3.8, 4) is 0 Å². The predicted octanol–water partition coefficient (Wildman–Crippen LogP) is 1.40. The molecule has 17 heavy (non-hydrogen) atoms. The highest BCUT2D eigenvalue weighted by atomic mass is 79.9. The van der Waals surface area contributed by atoms with Crippen LogP contribution in [0.15, 0.2) is 10.5 Å².